The Bertz CT molecular complexity index is 1400. The van der Waals surface area contributed by atoms with E-state index in [9.17, 15) is 18.0 Å². The maximum Gasteiger partial charge on any atom is 0.416 e. The lowest BCUT2D eigenvalue weighted by Crippen LogP contribution is -2.44. The quantitative estimate of drug-likeness (QED) is 0.279. The number of pyridine rings is 1. The molecule has 0 spiro atoms. The van der Waals surface area contributed by atoms with Crippen molar-refractivity contribution in [2.45, 2.75) is 50.9 Å². The summed E-state index contributed by atoms with van der Waals surface area (Å²) in [6, 6.07) is 24.1. The van der Waals surface area contributed by atoms with Gasteiger partial charge in [0.05, 0.1) is 11.1 Å². The Labute approximate surface area is 226 Å². The summed E-state index contributed by atoms with van der Waals surface area (Å²) in [6.07, 6.45) is -1.42. The summed E-state index contributed by atoms with van der Waals surface area (Å²) in [5.74, 6) is 0.417. The Hall–Kier alpha value is -3.58. The van der Waals surface area contributed by atoms with Crippen LogP contribution in [-0.4, -0.2) is 23.0 Å². The SMILES string of the molecule is Cc1cc(N[C@H]2CC[C@@H](N(C(=O)c3cccc(C(F)(F)F)c3)c3ccccc3)CC2)nc2ccccc12.Cl. The summed E-state index contributed by atoms with van der Waals surface area (Å²) < 4.78 is 39.9. The van der Waals surface area contributed by atoms with Crippen LogP contribution in [-0.2, 0) is 6.18 Å². The Morgan fingerprint density at radius 3 is 2.29 bits per heavy atom. The number of carbonyl (C=O) groups excluding carboxylic acids is 1. The lowest BCUT2D eigenvalue weighted by molar-refractivity contribution is -0.137. The van der Waals surface area contributed by atoms with Crippen molar-refractivity contribution in [3.05, 3.63) is 102 Å². The van der Waals surface area contributed by atoms with Gasteiger partial charge in [0, 0.05) is 28.7 Å². The predicted molar refractivity (Wildman–Crippen MR) is 148 cm³/mol. The highest BCUT2D eigenvalue weighted by Gasteiger charge is 2.34. The zero-order valence-electron chi connectivity index (χ0n) is 20.9. The molecule has 0 bridgehead atoms. The van der Waals surface area contributed by atoms with Gasteiger partial charge in [0.1, 0.15) is 5.82 Å². The molecule has 0 radical (unpaired) electrons. The van der Waals surface area contributed by atoms with E-state index in [2.05, 4.69) is 24.4 Å². The van der Waals surface area contributed by atoms with Crippen molar-refractivity contribution in [2.75, 3.05) is 10.2 Å². The van der Waals surface area contributed by atoms with E-state index >= 15 is 0 Å². The van der Waals surface area contributed by atoms with Crippen molar-refractivity contribution >= 4 is 40.7 Å². The number of rotatable bonds is 5. The number of anilines is 2. The van der Waals surface area contributed by atoms with Crippen LogP contribution in [0.5, 0.6) is 0 Å². The maximum absolute atomic E-state index is 13.6. The second-order valence-corrected chi connectivity index (χ2v) is 9.58. The van der Waals surface area contributed by atoms with Crippen molar-refractivity contribution in [1.29, 1.82) is 0 Å². The van der Waals surface area contributed by atoms with Gasteiger partial charge in [-0.1, -0.05) is 42.5 Å². The lowest BCUT2D eigenvalue weighted by Gasteiger charge is -2.37. The summed E-state index contributed by atoms with van der Waals surface area (Å²) in [6.45, 7) is 2.07. The van der Waals surface area contributed by atoms with E-state index in [0.29, 0.717) is 5.69 Å². The molecule has 198 valence electrons. The molecule has 0 saturated heterocycles. The van der Waals surface area contributed by atoms with E-state index in [-0.39, 0.29) is 30.1 Å². The fraction of sp³-hybridized carbons (Fsp3) is 0.267. The summed E-state index contributed by atoms with van der Waals surface area (Å²) in [4.78, 5) is 20.0. The Balaban J connectivity index is 0.00000336. The molecular weight excluding hydrogens is 511 g/mol. The number of fused-ring (bicyclic) bond motifs is 1. The fourth-order valence-corrected chi connectivity index (χ4v) is 5.16. The molecule has 1 fully saturated rings. The van der Waals surface area contributed by atoms with Crippen LogP contribution in [0.3, 0.4) is 0 Å². The van der Waals surface area contributed by atoms with Crippen LogP contribution in [0.2, 0.25) is 0 Å². The van der Waals surface area contributed by atoms with Crippen molar-refractivity contribution in [1.82, 2.24) is 4.98 Å². The first kappa shape index (κ1) is 27.5. The molecule has 4 aromatic rings. The van der Waals surface area contributed by atoms with Gasteiger partial charge in [0.2, 0.25) is 0 Å². The average Bonchev–Trinajstić information content (AvgIpc) is 2.90. The molecule has 1 aromatic heterocycles. The minimum Gasteiger partial charge on any atom is -0.367 e. The monoisotopic (exact) mass is 539 g/mol. The van der Waals surface area contributed by atoms with Gasteiger partial charge in [-0.25, -0.2) is 4.98 Å². The van der Waals surface area contributed by atoms with Crippen LogP contribution >= 0.6 is 12.4 Å². The summed E-state index contributed by atoms with van der Waals surface area (Å²) >= 11 is 0. The lowest BCUT2D eigenvalue weighted by atomic mass is 9.89. The molecule has 1 aliphatic rings. The molecule has 4 nitrogen and oxygen atoms in total. The van der Waals surface area contributed by atoms with Crippen LogP contribution in [0.4, 0.5) is 24.7 Å². The molecule has 1 N–H and O–H groups in total. The standard InChI is InChI=1S/C30H28F3N3O.ClH/c1-20-18-28(35-27-13-6-5-12-26(20)27)34-23-14-16-25(17-15-23)36(24-10-3-2-4-11-24)29(37)21-8-7-9-22(19-21)30(31,32)33;/h2-13,18-19,23,25H,14-17H2,1H3,(H,34,35);1H/t23-,25+;. The van der Waals surface area contributed by atoms with Gasteiger partial charge in [-0.3, -0.25) is 4.79 Å². The van der Waals surface area contributed by atoms with Crippen LogP contribution in [0, 0.1) is 6.92 Å². The topological polar surface area (TPSA) is 45.2 Å². The first-order valence-electron chi connectivity index (χ1n) is 12.5. The van der Waals surface area contributed by atoms with Gasteiger partial charge < -0.3 is 10.2 Å². The second kappa shape index (κ2) is 11.4. The molecule has 0 unspecified atom stereocenters. The maximum atomic E-state index is 13.6. The number of aryl methyl sites for hydroxylation is 1. The third-order valence-corrected chi connectivity index (χ3v) is 7.03. The minimum absolute atomic E-state index is 0. The third-order valence-electron chi connectivity index (χ3n) is 7.03. The summed E-state index contributed by atoms with van der Waals surface area (Å²) in [5.41, 5.74) is 2.00. The predicted octanol–water partition coefficient (Wildman–Crippen LogP) is 8.05. The number of hydrogen-bond donors (Lipinski definition) is 1. The fourth-order valence-electron chi connectivity index (χ4n) is 5.16. The number of benzene rings is 3. The largest absolute Gasteiger partial charge is 0.416 e. The molecule has 0 atom stereocenters. The number of hydrogen-bond acceptors (Lipinski definition) is 3. The van der Waals surface area contributed by atoms with Crippen molar-refractivity contribution in [2.24, 2.45) is 0 Å². The minimum atomic E-state index is -4.51. The molecule has 8 heteroatoms. The van der Waals surface area contributed by atoms with E-state index in [1.54, 1.807) is 4.90 Å². The number of aromatic nitrogens is 1. The van der Waals surface area contributed by atoms with Crippen LogP contribution in [0.1, 0.15) is 47.2 Å². The highest BCUT2D eigenvalue weighted by Crippen LogP contribution is 2.33. The normalized spacial score (nSPS) is 17.5. The summed E-state index contributed by atoms with van der Waals surface area (Å²) in [7, 11) is 0. The molecule has 1 amide bonds. The van der Waals surface area contributed by atoms with E-state index < -0.39 is 17.6 Å². The van der Waals surface area contributed by atoms with Crippen molar-refractivity contribution in [3.8, 4) is 0 Å². The van der Waals surface area contributed by atoms with Gasteiger partial charge in [-0.05, 0) is 80.6 Å². The Morgan fingerprint density at radius 2 is 1.58 bits per heavy atom. The summed E-state index contributed by atoms with van der Waals surface area (Å²) in [5, 5.41) is 4.69. The zero-order chi connectivity index (χ0) is 26.0. The molecular formula is C30H29ClF3N3O. The highest BCUT2D eigenvalue weighted by atomic mass is 35.5. The molecule has 3 aromatic carbocycles. The number of para-hydroxylation sites is 2. The number of carbonyl (C=O) groups is 1. The number of halogens is 4. The Morgan fingerprint density at radius 1 is 0.895 bits per heavy atom. The van der Waals surface area contributed by atoms with Gasteiger partial charge in [0.25, 0.3) is 5.91 Å². The van der Waals surface area contributed by atoms with Crippen molar-refractivity contribution < 1.29 is 18.0 Å². The van der Waals surface area contributed by atoms with Gasteiger partial charge in [-0.15, -0.1) is 12.4 Å². The number of nitrogens with zero attached hydrogens (tertiary/aromatic N) is 2. The van der Waals surface area contributed by atoms with E-state index in [1.807, 2.05) is 48.5 Å². The first-order chi connectivity index (χ1) is 17.8. The Kier molecular flexibility index (Phi) is 8.26. The number of alkyl halides is 3. The van der Waals surface area contributed by atoms with E-state index in [1.165, 1.54) is 12.1 Å². The van der Waals surface area contributed by atoms with Gasteiger partial charge in [-0.2, -0.15) is 13.2 Å². The first-order valence-corrected chi connectivity index (χ1v) is 12.5. The molecule has 0 aliphatic heterocycles. The van der Waals surface area contributed by atoms with E-state index in [4.69, 9.17) is 4.98 Å². The molecule has 38 heavy (non-hydrogen) atoms. The van der Waals surface area contributed by atoms with Crippen LogP contribution in [0.25, 0.3) is 10.9 Å². The molecule has 1 aliphatic carbocycles. The highest BCUT2D eigenvalue weighted by molar-refractivity contribution is 6.06. The number of amides is 1. The van der Waals surface area contributed by atoms with Crippen molar-refractivity contribution in [3.63, 3.8) is 0 Å². The second-order valence-electron chi connectivity index (χ2n) is 9.58. The van der Waals surface area contributed by atoms with E-state index in [0.717, 1.165) is 60.1 Å². The van der Waals surface area contributed by atoms with Gasteiger partial charge >= 0.3 is 6.18 Å². The number of nitrogens with one attached hydrogen (secondary N) is 1. The molecule has 1 heterocycles. The van der Waals surface area contributed by atoms with Gasteiger partial charge in [0.15, 0.2) is 0 Å². The van der Waals surface area contributed by atoms with Crippen LogP contribution < -0.4 is 10.2 Å². The average molecular weight is 540 g/mol. The molecule has 5 rings (SSSR count). The zero-order valence-corrected chi connectivity index (χ0v) is 21.7. The van der Waals surface area contributed by atoms with Crippen LogP contribution in [0.15, 0.2) is 84.9 Å². The molecule has 1 saturated carbocycles. The third kappa shape index (κ3) is 5.94. The smallest absolute Gasteiger partial charge is 0.367 e.